The lowest BCUT2D eigenvalue weighted by Crippen LogP contribution is -2.47. The first-order chi connectivity index (χ1) is 17.2. The maximum atomic E-state index is 12.5. The second kappa shape index (κ2) is 13.6. The number of thioether (sulfide) groups is 1. The van der Waals surface area contributed by atoms with E-state index < -0.39 is 5.51 Å². The van der Waals surface area contributed by atoms with Crippen molar-refractivity contribution in [1.82, 2.24) is 10.2 Å². The molecule has 2 fully saturated rings. The molecule has 2 aromatic carbocycles. The van der Waals surface area contributed by atoms with Crippen molar-refractivity contribution in [2.45, 2.75) is 49.6 Å². The van der Waals surface area contributed by atoms with Crippen LogP contribution in [0.25, 0.3) is 0 Å². The molecule has 37 heavy (non-hydrogen) atoms. The summed E-state index contributed by atoms with van der Waals surface area (Å²) in [7, 11) is 0. The number of hydrogen-bond acceptors (Lipinski definition) is 5. The van der Waals surface area contributed by atoms with Crippen LogP contribution >= 0.6 is 23.4 Å². The van der Waals surface area contributed by atoms with Gasteiger partial charge >= 0.3 is 5.51 Å². The van der Waals surface area contributed by atoms with Gasteiger partial charge in [-0.05, 0) is 80.0 Å². The molecule has 0 aliphatic carbocycles. The predicted octanol–water partition coefficient (Wildman–Crippen LogP) is 6.28. The molecule has 2 aliphatic rings. The van der Waals surface area contributed by atoms with Gasteiger partial charge in [-0.3, -0.25) is 9.69 Å². The lowest BCUT2D eigenvalue weighted by atomic mass is 10.0. The molecular weight excluding hydrogens is 521 g/mol. The quantitative estimate of drug-likeness (QED) is 0.388. The van der Waals surface area contributed by atoms with E-state index in [1.807, 2.05) is 18.2 Å². The zero-order valence-corrected chi connectivity index (χ0v) is 21.7. The number of piperazine rings is 1. The fourth-order valence-corrected chi connectivity index (χ4v) is 5.53. The summed E-state index contributed by atoms with van der Waals surface area (Å²) >= 11 is 6.01. The molecule has 1 amide bonds. The Morgan fingerprint density at radius 2 is 1.59 bits per heavy atom. The maximum Gasteiger partial charge on any atom is 0.446 e. The van der Waals surface area contributed by atoms with Gasteiger partial charge < -0.3 is 15.1 Å². The van der Waals surface area contributed by atoms with Gasteiger partial charge in [0.25, 0.3) is 0 Å². The van der Waals surface area contributed by atoms with Gasteiger partial charge in [-0.25, -0.2) is 0 Å². The monoisotopic (exact) mass is 556 g/mol. The Bertz CT molecular complexity index is 992. The fourth-order valence-electron chi connectivity index (χ4n) is 4.81. The highest BCUT2D eigenvalue weighted by Crippen LogP contribution is 2.37. The average molecular weight is 557 g/mol. The fraction of sp³-hybridized carbons (Fsp3) is 0.519. The molecule has 2 saturated heterocycles. The molecule has 0 bridgehead atoms. The Morgan fingerprint density at radius 1 is 0.946 bits per heavy atom. The van der Waals surface area contributed by atoms with Crippen molar-refractivity contribution < 1.29 is 18.0 Å². The highest BCUT2D eigenvalue weighted by Gasteiger charge is 2.29. The number of benzene rings is 2. The largest absolute Gasteiger partial charge is 0.446 e. The highest BCUT2D eigenvalue weighted by atomic mass is 35.5. The lowest BCUT2D eigenvalue weighted by molar-refractivity contribution is -0.122. The number of hydrogen-bond donors (Lipinski definition) is 1. The average Bonchev–Trinajstić information content (AvgIpc) is 2.84. The lowest BCUT2D eigenvalue weighted by Gasteiger charge is -2.36. The zero-order chi connectivity index (χ0) is 25.5. The van der Waals surface area contributed by atoms with Crippen LogP contribution in [-0.2, 0) is 4.79 Å². The summed E-state index contributed by atoms with van der Waals surface area (Å²) in [4.78, 5) is 19.6. The van der Waals surface area contributed by atoms with E-state index in [0.717, 1.165) is 81.5 Å². The molecule has 5 nitrogen and oxygen atoms in total. The normalized spacial score (nSPS) is 17.4. The SMILES string of the molecule is C.O=C(CCCN1CCN(c2cccc(Cl)c2)CC1)NC1CCN(c2ccc(SC(F)(F)F)cc2)CC1. The minimum atomic E-state index is -4.27. The Kier molecular flexibility index (Phi) is 10.8. The van der Waals surface area contributed by atoms with Crippen molar-refractivity contribution in [1.29, 1.82) is 0 Å². The molecule has 2 aromatic rings. The molecule has 0 aromatic heterocycles. The smallest absolute Gasteiger partial charge is 0.371 e. The van der Waals surface area contributed by atoms with Crippen LogP contribution in [0, 0.1) is 0 Å². The Morgan fingerprint density at radius 3 is 2.22 bits per heavy atom. The van der Waals surface area contributed by atoms with E-state index in [0.29, 0.717) is 6.42 Å². The first-order valence-corrected chi connectivity index (χ1v) is 13.6. The minimum absolute atomic E-state index is 0. The van der Waals surface area contributed by atoms with E-state index in [9.17, 15) is 18.0 Å². The second-order valence-electron chi connectivity index (χ2n) is 9.28. The Balaban J connectivity index is 0.00000380. The summed E-state index contributed by atoms with van der Waals surface area (Å²) in [6.45, 7) is 6.31. The standard InChI is InChI=1S/C26H32ClF3N4OS.CH4/c27-20-3-1-4-23(19-20)34-17-15-32(16-18-34)12-2-5-25(35)31-21-10-13-33(14-11-21)22-6-8-24(9-7-22)36-26(28,29)30;/h1,3-4,6-9,19,21H,2,5,10-18H2,(H,31,35);1H4. The van der Waals surface area contributed by atoms with Gasteiger partial charge in [0.1, 0.15) is 0 Å². The number of carbonyl (C=O) groups is 1. The van der Waals surface area contributed by atoms with Crippen molar-refractivity contribution in [3.05, 3.63) is 53.6 Å². The Hall–Kier alpha value is -2.10. The predicted molar refractivity (Wildman–Crippen MR) is 148 cm³/mol. The number of nitrogens with one attached hydrogen (secondary N) is 1. The molecule has 0 saturated carbocycles. The second-order valence-corrected chi connectivity index (χ2v) is 10.9. The number of amides is 1. The molecule has 204 valence electrons. The number of rotatable bonds is 8. The minimum Gasteiger partial charge on any atom is -0.371 e. The van der Waals surface area contributed by atoms with Crippen molar-refractivity contribution in [2.75, 3.05) is 55.6 Å². The number of alkyl halides is 3. The molecule has 0 atom stereocenters. The summed E-state index contributed by atoms with van der Waals surface area (Å²) in [6.07, 6.45) is 3.02. The van der Waals surface area contributed by atoms with Crippen LogP contribution in [0.15, 0.2) is 53.4 Å². The Labute approximate surface area is 227 Å². The molecule has 0 spiro atoms. The molecular formula is C27H36ClF3N4OS. The molecule has 1 N–H and O–H groups in total. The number of nitrogens with zero attached hydrogens (tertiary/aromatic N) is 3. The van der Waals surface area contributed by atoms with E-state index in [1.54, 1.807) is 12.1 Å². The third-order valence-corrected chi connectivity index (χ3v) is 7.69. The van der Waals surface area contributed by atoms with Crippen LogP contribution in [0.2, 0.25) is 5.02 Å². The number of carbonyl (C=O) groups excluding carboxylic acids is 1. The molecule has 2 aliphatic heterocycles. The first-order valence-electron chi connectivity index (χ1n) is 12.4. The van der Waals surface area contributed by atoms with Crippen LogP contribution in [0.1, 0.15) is 33.1 Å². The maximum absolute atomic E-state index is 12.5. The number of piperidine rings is 1. The van der Waals surface area contributed by atoms with Crippen molar-refractivity contribution >= 4 is 40.6 Å². The van der Waals surface area contributed by atoms with Crippen molar-refractivity contribution in [3.63, 3.8) is 0 Å². The van der Waals surface area contributed by atoms with E-state index in [2.05, 4.69) is 26.1 Å². The van der Waals surface area contributed by atoms with Crippen LogP contribution < -0.4 is 15.1 Å². The van der Waals surface area contributed by atoms with Gasteiger partial charge in [0.05, 0.1) is 0 Å². The third kappa shape index (κ3) is 9.30. The van der Waals surface area contributed by atoms with Crippen LogP contribution in [0.5, 0.6) is 0 Å². The molecule has 4 rings (SSSR count). The van der Waals surface area contributed by atoms with Crippen LogP contribution in [-0.4, -0.2) is 68.2 Å². The summed E-state index contributed by atoms with van der Waals surface area (Å²) in [6, 6.07) is 14.6. The highest BCUT2D eigenvalue weighted by molar-refractivity contribution is 8.00. The van der Waals surface area contributed by atoms with Crippen LogP contribution in [0.4, 0.5) is 24.5 Å². The molecule has 2 heterocycles. The van der Waals surface area contributed by atoms with E-state index in [-0.39, 0.29) is 36.0 Å². The molecule has 10 heteroatoms. The van der Waals surface area contributed by atoms with Gasteiger partial charge in [0.15, 0.2) is 0 Å². The van der Waals surface area contributed by atoms with Gasteiger partial charge in [-0.15, -0.1) is 0 Å². The topological polar surface area (TPSA) is 38.8 Å². The van der Waals surface area contributed by atoms with E-state index in [1.165, 1.54) is 12.1 Å². The number of halogens is 4. The molecule has 0 radical (unpaired) electrons. The van der Waals surface area contributed by atoms with Gasteiger partial charge in [0.2, 0.25) is 5.91 Å². The first kappa shape index (κ1) is 29.5. The van der Waals surface area contributed by atoms with Crippen molar-refractivity contribution in [3.8, 4) is 0 Å². The zero-order valence-electron chi connectivity index (χ0n) is 20.1. The van der Waals surface area contributed by atoms with Gasteiger partial charge in [0, 0.05) is 73.0 Å². The van der Waals surface area contributed by atoms with Crippen molar-refractivity contribution in [2.24, 2.45) is 0 Å². The van der Waals surface area contributed by atoms with Gasteiger partial charge in [-0.2, -0.15) is 13.2 Å². The summed E-state index contributed by atoms with van der Waals surface area (Å²) in [5, 5.41) is 3.92. The van der Waals surface area contributed by atoms with Crippen LogP contribution in [0.3, 0.4) is 0 Å². The summed E-state index contributed by atoms with van der Waals surface area (Å²) in [5.74, 6) is 0.0968. The summed E-state index contributed by atoms with van der Waals surface area (Å²) < 4.78 is 37.5. The third-order valence-electron chi connectivity index (χ3n) is 6.72. The number of anilines is 2. The van der Waals surface area contributed by atoms with Gasteiger partial charge in [-0.1, -0.05) is 25.1 Å². The molecule has 0 unspecified atom stereocenters. The van der Waals surface area contributed by atoms with E-state index in [4.69, 9.17) is 11.6 Å². The van der Waals surface area contributed by atoms with E-state index >= 15 is 0 Å². The summed E-state index contributed by atoms with van der Waals surface area (Å²) in [5.41, 5.74) is -2.20.